The smallest absolute Gasteiger partial charge is 0.305 e. The van der Waals surface area contributed by atoms with Gasteiger partial charge in [0.25, 0.3) is 0 Å². The molecule has 2 rings (SSSR count). The maximum atomic E-state index is 12.2. The molecule has 0 aliphatic rings. The van der Waals surface area contributed by atoms with Crippen LogP contribution < -0.4 is 5.32 Å². The molecule has 0 saturated carbocycles. The van der Waals surface area contributed by atoms with Crippen LogP contribution >= 0.6 is 11.3 Å². The Morgan fingerprint density at radius 3 is 2.54 bits per heavy atom. The normalized spacial score (nSPS) is 10.6. The summed E-state index contributed by atoms with van der Waals surface area (Å²) >= 11 is 1.57. The Balaban J connectivity index is 1.82. The molecule has 1 aromatic heterocycles. The van der Waals surface area contributed by atoms with Crippen LogP contribution in [0.25, 0.3) is 11.3 Å². The molecule has 6 heteroatoms. The molecule has 0 aliphatic heterocycles. The van der Waals surface area contributed by atoms with Gasteiger partial charge in [0.05, 0.1) is 24.2 Å². The van der Waals surface area contributed by atoms with E-state index in [0.29, 0.717) is 19.4 Å². The van der Waals surface area contributed by atoms with E-state index in [9.17, 15) is 9.59 Å². The second kappa shape index (κ2) is 10.1. The molecular weight excluding hydrogens is 348 g/mol. The third-order valence-corrected chi connectivity index (χ3v) is 5.03. The summed E-state index contributed by atoms with van der Waals surface area (Å²) < 4.78 is 4.60. The van der Waals surface area contributed by atoms with Crippen LogP contribution in [-0.2, 0) is 20.7 Å². The highest BCUT2D eigenvalue weighted by molar-refractivity contribution is 7.12. The molecular formula is C20H26N2O3S. The second-order valence-corrected chi connectivity index (χ2v) is 7.57. The number of carbonyl (C=O) groups excluding carboxylic acids is 2. The summed E-state index contributed by atoms with van der Waals surface area (Å²) in [6, 6.07) is 8.21. The van der Waals surface area contributed by atoms with Gasteiger partial charge in [0.15, 0.2) is 0 Å². The predicted molar refractivity (Wildman–Crippen MR) is 104 cm³/mol. The molecule has 1 heterocycles. The minimum Gasteiger partial charge on any atom is -0.469 e. The Labute approximate surface area is 158 Å². The highest BCUT2D eigenvalue weighted by Gasteiger charge is 2.14. The zero-order chi connectivity index (χ0) is 18.9. The molecule has 1 aromatic carbocycles. The van der Waals surface area contributed by atoms with Gasteiger partial charge < -0.3 is 10.1 Å². The molecule has 140 valence electrons. The summed E-state index contributed by atoms with van der Waals surface area (Å²) in [5.74, 6) is -0.173. The minimum atomic E-state index is -0.182. The van der Waals surface area contributed by atoms with Crippen molar-refractivity contribution in [2.24, 2.45) is 0 Å². The number of rotatable bonds is 9. The van der Waals surface area contributed by atoms with Crippen molar-refractivity contribution in [1.29, 1.82) is 0 Å². The first-order valence-corrected chi connectivity index (χ1v) is 9.68. The lowest BCUT2D eigenvalue weighted by molar-refractivity contribution is -0.140. The highest BCUT2D eigenvalue weighted by atomic mass is 32.1. The number of hydrogen-bond donors (Lipinski definition) is 1. The van der Waals surface area contributed by atoms with Gasteiger partial charge in [0.1, 0.15) is 0 Å². The molecule has 0 unspecified atom stereocenters. The highest BCUT2D eigenvalue weighted by Crippen LogP contribution is 2.28. The van der Waals surface area contributed by atoms with Gasteiger partial charge in [-0.05, 0) is 26.7 Å². The fourth-order valence-corrected chi connectivity index (χ4v) is 3.59. The Bertz CT molecular complexity index is 738. The number of carbonyl (C=O) groups is 2. The van der Waals surface area contributed by atoms with E-state index in [0.717, 1.165) is 40.4 Å². The number of aromatic nitrogens is 1. The molecule has 0 spiro atoms. The zero-order valence-corrected chi connectivity index (χ0v) is 16.4. The number of amides is 1. The van der Waals surface area contributed by atoms with E-state index in [1.165, 1.54) is 12.7 Å². The average molecular weight is 375 g/mol. The van der Waals surface area contributed by atoms with Gasteiger partial charge in [0, 0.05) is 23.4 Å². The Hall–Kier alpha value is -2.21. The molecule has 0 radical (unpaired) electrons. The second-order valence-electron chi connectivity index (χ2n) is 6.28. The van der Waals surface area contributed by atoms with E-state index < -0.39 is 0 Å². The standard InChI is InChI=1S/C20H26N2O3S/c1-14-8-10-16(11-9-14)20-17(26-15(2)22-20)13-18(23)21-12-6-4-5-7-19(24)25-3/h8-11H,4-7,12-13H2,1-3H3,(H,21,23). The van der Waals surface area contributed by atoms with E-state index in [2.05, 4.69) is 34.1 Å². The van der Waals surface area contributed by atoms with Gasteiger partial charge in [-0.3, -0.25) is 9.59 Å². The molecule has 0 bridgehead atoms. The van der Waals surface area contributed by atoms with Crippen LogP contribution in [0.1, 0.15) is 41.1 Å². The molecule has 0 atom stereocenters. The third kappa shape index (κ3) is 6.26. The number of methoxy groups -OCH3 is 1. The lowest BCUT2D eigenvalue weighted by atomic mass is 10.1. The van der Waals surface area contributed by atoms with Crippen LogP contribution in [0.4, 0.5) is 0 Å². The number of aryl methyl sites for hydroxylation is 2. The first-order chi connectivity index (χ1) is 12.5. The first-order valence-electron chi connectivity index (χ1n) is 8.86. The molecule has 5 nitrogen and oxygen atoms in total. The molecule has 1 amide bonds. The predicted octanol–water partition coefficient (Wildman–Crippen LogP) is 3.82. The number of benzene rings is 1. The van der Waals surface area contributed by atoms with Gasteiger partial charge in [-0.2, -0.15) is 0 Å². The average Bonchev–Trinajstić information content (AvgIpc) is 2.98. The van der Waals surface area contributed by atoms with Gasteiger partial charge in [-0.1, -0.05) is 36.2 Å². The largest absolute Gasteiger partial charge is 0.469 e. The monoisotopic (exact) mass is 374 g/mol. The third-order valence-electron chi connectivity index (χ3n) is 4.06. The van der Waals surface area contributed by atoms with Crippen LogP contribution in [0.3, 0.4) is 0 Å². The number of hydrogen-bond acceptors (Lipinski definition) is 5. The van der Waals surface area contributed by atoms with Crippen molar-refractivity contribution in [3.05, 3.63) is 39.7 Å². The number of nitrogens with zero attached hydrogens (tertiary/aromatic N) is 1. The summed E-state index contributed by atoms with van der Waals surface area (Å²) in [7, 11) is 1.40. The van der Waals surface area contributed by atoms with Crippen LogP contribution in [-0.4, -0.2) is 30.5 Å². The zero-order valence-electron chi connectivity index (χ0n) is 15.6. The fraction of sp³-hybridized carbons (Fsp3) is 0.450. The van der Waals surface area contributed by atoms with Crippen LogP contribution in [0, 0.1) is 13.8 Å². The number of ether oxygens (including phenoxy) is 1. The Morgan fingerprint density at radius 2 is 1.85 bits per heavy atom. The van der Waals surface area contributed by atoms with Crippen molar-refractivity contribution in [3.63, 3.8) is 0 Å². The number of unbranched alkanes of at least 4 members (excludes halogenated alkanes) is 2. The van der Waals surface area contributed by atoms with Crippen molar-refractivity contribution in [1.82, 2.24) is 10.3 Å². The summed E-state index contributed by atoms with van der Waals surface area (Å²) in [6.07, 6.45) is 3.31. The number of thiazole rings is 1. The van der Waals surface area contributed by atoms with E-state index in [1.54, 1.807) is 11.3 Å². The van der Waals surface area contributed by atoms with Crippen LogP contribution in [0.15, 0.2) is 24.3 Å². The van der Waals surface area contributed by atoms with Crippen LogP contribution in [0.2, 0.25) is 0 Å². The van der Waals surface area contributed by atoms with Crippen molar-refractivity contribution in [2.75, 3.05) is 13.7 Å². The lowest BCUT2D eigenvalue weighted by Crippen LogP contribution is -2.26. The van der Waals surface area contributed by atoms with Gasteiger partial charge in [-0.15, -0.1) is 11.3 Å². The number of esters is 1. The quantitative estimate of drug-likeness (QED) is 0.535. The van der Waals surface area contributed by atoms with Gasteiger partial charge >= 0.3 is 5.97 Å². The molecule has 1 N–H and O–H groups in total. The summed E-state index contributed by atoms with van der Waals surface area (Å²) in [6.45, 7) is 4.64. The Morgan fingerprint density at radius 1 is 1.12 bits per heavy atom. The summed E-state index contributed by atoms with van der Waals surface area (Å²) in [4.78, 5) is 28.9. The minimum absolute atomic E-state index is 0.00924. The lowest BCUT2D eigenvalue weighted by Gasteiger charge is -2.06. The van der Waals surface area contributed by atoms with Crippen LogP contribution in [0.5, 0.6) is 0 Å². The van der Waals surface area contributed by atoms with Gasteiger partial charge in [0.2, 0.25) is 5.91 Å². The topological polar surface area (TPSA) is 68.3 Å². The summed E-state index contributed by atoms with van der Waals surface area (Å²) in [5, 5.41) is 3.92. The maximum Gasteiger partial charge on any atom is 0.305 e. The van der Waals surface area contributed by atoms with Gasteiger partial charge in [-0.25, -0.2) is 4.98 Å². The molecule has 2 aromatic rings. The van der Waals surface area contributed by atoms with Crippen molar-refractivity contribution >= 4 is 23.2 Å². The van der Waals surface area contributed by atoms with E-state index in [-0.39, 0.29) is 11.9 Å². The van der Waals surface area contributed by atoms with Crippen molar-refractivity contribution < 1.29 is 14.3 Å². The van der Waals surface area contributed by atoms with E-state index >= 15 is 0 Å². The molecule has 0 saturated heterocycles. The molecule has 0 aliphatic carbocycles. The molecule has 26 heavy (non-hydrogen) atoms. The first kappa shape index (κ1) is 20.1. The fourth-order valence-electron chi connectivity index (χ4n) is 2.64. The van der Waals surface area contributed by atoms with E-state index in [1.807, 2.05) is 19.1 Å². The van der Waals surface area contributed by atoms with Crippen molar-refractivity contribution in [2.45, 2.75) is 46.0 Å². The summed E-state index contributed by atoms with van der Waals surface area (Å²) in [5.41, 5.74) is 3.15. The van der Waals surface area contributed by atoms with Crippen molar-refractivity contribution in [3.8, 4) is 11.3 Å². The Kier molecular flexibility index (Phi) is 7.78. The SMILES string of the molecule is COC(=O)CCCCCNC(=O)Cc1sc(C)nc1-c1ccc(C)cc1. The molecule has 0 fully saturated rings. The maximum absolute atomic E-state index is 12.2. The number of nitrogens with one attached hydrogen (secondary N) is 1. The van der Waals surface area contributed by atoms with E-state index in [4.69, 9.17) is 0 Å².